The fourth-order valence-corrected chi connectivity index (χ4v) is 8.95. The number of aromatic nitrogens is 2. The first kappa shape index (κ1) is 27.5. The minimum Gasteiger partial charge on any atom is -0.508 e. The van der Waals surface area contributed by atoms with Crippen molar-refractivity contribution in [2.24, 2.45) is 0 Å². The number of rotatable bonds is 5. The van der Waals surface area contributed by atoms with E-state index in [9.17, 15) is 9.50 Å². The number of aryl methyl sites for hydroxylation is 1. The lowest BCUT2D eigenvalue weighted by atomic mass is 9.92. The summed E-state index contributed by atoms with van der Waals surface area (Å²) >= 11 is 0. The molecule has 6 heterocycles. The number of phenolic OH excluding ortho intramolecular Hbond substituents is 1. The highest BCUT2D eigenvalue weighted by Gasteiger charge is 2.50. The van der Waals surface area contributed by atoms with Crippen molar-refractivity contribution in [3.05, 3.63) is 47.8 Å². The van der Waals surface area contributed by atoms with Crippen molar-refractivity contribution in [3.8, 4) is 28.6 Å². The molecule has 4 aromatic rings. The fourth-order valence-electron chi connectivity index (χ4n) is 8.95. The number of halogens is 2. The van der Waals surface area contributed by atoms with Crippen molar-refractivity contribution in [2.45, 2.75) is 75.3 Å². The molecule has 5 aliphatic heterocycles. The van der Waals surface area contributed by atoms with Crippen LogP contribution in [0, 0.1) is 5.82 Å². The standard InChI is InChI=1S/C35H37F2N5O3/c1-2-19-5-3-6-20-11-23(43)12-24(29(19)20)25-13-28-30-32(31(25)37)39-34(45-18-35-9-4-10-41(35)15-21(36)14-35)40-33(30)42-16-22-7-8-26(38-22)27(42)17-44-28/h3,5-6,11-13,21-22,26-27,38,43H,2,4,7-10,14-18H2,1H3/t21-,22?,26-,27-,35+/m0/s1. The second-order valence-electron chi connectivity index (χ2n) is 13.6. The normalized spacial score (nSPS) is 28.7. The van der Waals surface area contributed by atoms with Gasteiger partial charge in [-0.15, -0.1) is 0 Å². The van der Waals surface area contributed by atoms with Gasteiger partial charge in [0.05, 0.1) is 17.0 Å². The molecule has 10 heteroatoms. The zero-order valence-corrected chi connectivity index (χ0v) is 25.4. The number of nitrogens with zero attached hydrogens (tertiary/aromatic N) is 4. The van der Waals surface area contributed by atoms with Crippen molar-refractivity contribution >= 4 is 27.5 Å². The second-order valence-corrected chi connectivity index (χ2v) is 13.6. The van der Waals surface area contributed by atoms with E-state index < -0.39 is 12.0 Å². The topological polar surface area (TPSA) is 83.0 Å². The number of nitrogens with one attached hydrogen (secondary N) is 1. The predicted molar refractivity (Wildman–Crippen MR) is 169 cm³/mol. The van der Waals surface area contributed by atoms with Gasteiger partial charge in [0.2, 0.25) is 0 Å². The number of aromatic hydroxyl groups is 1. The lowest BCUT2D eigenvalue weighted by Crippen LogP contribution is -2.60. The van der Waals surface area contributed by atoms with Crippen LogP contribution < -0.4 is 19.7 Å². The third-order valence-corrected chi connectivity index (χ3v) is 11.0. The maximum absolute atomic E-state index is 17.1. The Bertz CT molecular complexity index is 1850. The van der Waals surface area contributed by atoms with Crippen LogP contribution in [0.2, 0.25) is 0 Å². The maximum Gasteiger partial charge on any atom is 0.319 e. The van der Waals surface area contributed by atoms with Gasteiger partial charge in [-0.2, -0.15) is 9.97 Å². The molecule has 3 aromatic carbocycles. The number of hydrogen-bond acceptors (Lipinski definition) is 8. The number of fused-ring (bicyclic) bond motifs is 7. The van der Waals surface area contributed by atoms with Gasteiger partial charge in [-0.1, -0.05) is 25.1 Å². The fraction of sp³-hybridized carbons (Fsp3) is 0.486. The second kappa shape index (κ2) is 10.1. The molecule has 0 radical (unpaired) electrons. The van der Waals surface area contributed by atoms with E-state index in [1.165, 1.54) is 0 Å². The van der Waals surface area contributed by atoms with Crippen molar-refractivity contribution in [3.63, 3.8) is 0 Å². The van der Waals surface area contributed by atoms with Crippen molar-refractivity contribution < 1.29 is 23.4 Å². The van der Waals surface area contributed by atoms with E-state index in [0.717, 1.165) is 61.5 Å². The summed E-state index contributed by atoms with van der Waals surface area (Å²) in [6, 6.07) is 11.7. The van der Waals surface area contributed by atoms with Crippen LogP contribution in [0.4, 0.5) is 14.6 Å². The SMILES string of the molecule is CCc1cccc2cc(O)cc(-c3cc4c5c(nc(OC[C@]67CCCN6C[C@@H](F)C7)nc5c3F)N3CC5CC[C@H](N5)[C@@H]3CO4)c12. The molecule has 0 amide bonds. The Hall–Kier alpha value is -3.76. The Morgan fingerprint density at radius 2 is 2.04 bits per heavy atom. The van der Waals surface area contributed by atoms with E-state index in [2.05, 4.69) is 22.0 Å². The molecule has 8 nitrogen and oxygen atoms in total. The van der Waals surface area contributed by atoms with E-state index in [4.69, 9.17) is 19.4 Å². The predicted octanol–water partition coefficient (Wildman–Crippen LogP) is 5.51. The molecule has 0 saturated carbocycles. The molecular weight excluding hydrogens is 576 g/mol. The third-order valence-electron chi connectivity index (χ3n) is 11.0. The number of alkyl halides is 1. The van der Waals surface area contributed by atoms with E-state index in [0.29, 0.717) is 53.7 Å². The molecule has 0 spiro atoms. The molecule has 2 bridgehead atoms. The summed E-state index contributed by atoms with van der Waals surface area (Å²) in [6.07, 6.45) is 4.28. The Morgan fingerprint density at radius 1 is 1.13 bits per heavy atom. The highest BCUT2D eigenvalue weighted by molar-refractivity contribution is 6.05. The van der Waals surface area contributed by atoms with Crippen LogP contribution in [0.25, 0.3) is 32.8 Å². The van der Waals surface area contributed by atoms with Crippen LogP contribution in [0.3, 0.4) is 0 Å². The average molecular weight is 614 g/mol. The zero-order chi connectivity index (χ0) is 30.4. The van der Waals surface area contributed by atoms with Gasteiger partial charge in [-0.3, -0.25) is 4.90 Å². The molecule has 5 aliphatic rings. The molecule has 9 rings (SSSR count). The quantitative estimate of drug-likeness (QED) is 0.305. The van der Waals surface area contributed by atoms with Crippen LogP contribution >= 0.6 is 0 Å². The van der Waals surface area contributed by atoms with Gasteiger partial charge in [0, 0.05) is 37.2 Å². The smallest absolute Gasteiger partial charge is 0.319 e. The molecule has 0 aliphatic carbocycles. The zero-order valence-electron chi connectivity index (χ0n) is 25.4. The van der Waals surface area contributed by atoms with Crippen LogP contribution in [0.1, 0.15) is 44.6 Å². The van der Waals surface area contributed by atoms with Crippen LogP contribution in [0.15, 0.2) is 36.4 Å². The monoisotopic (exact) mass is 613 g/mol. The van der Waals surface area contributed by atoms with Gasteiger partial charge in [0.25, 0.3) is 0 Å². The van der Waals surface area contributed by atoms with Crippen molar-refractivity contribution in [1.29, 1.82) is 0 Å². The molecule has 2 N–H and O–H groups in total. The van der Waals surface area contributed by atoms with Gasteiger partial charge in [-0.25, -0.2) is 8.78 Å². The minimum absolute atomic E-state index is 0.0213. The summed E-state index contributed by atoms with van der Waals surface area (Å²) < 4.78 is 44.5. The van der Waals surface area contributed by atoms with Crippen molar-refractivity contribution in [1.82, 2.24) is 20.2 Å². The first-order valence-corrected chi connectivity index (χ1v) is 16.4. The number of ether oxygens (including phenoxy) is 2. The summed E-state index contributed by atoms with van der Waals surface area (Å²) in [5.74, 6) is 0.703. The number of anilines is 1. The summed E-state index contributed by atoms with van der Waals surface area (Å²) in [6.45, 7) is 4.77. The number of hydrogen-bond donors (Lipinski definition) is 2. The van der Waals surface area contributed by atoms with Crippen LogP contribution in [-0.2, 0) is 6.42 Å². The summed E-state index contributed by atoms with van der Waals surface area (Å²) in [4.78, 5) is 14.1. The molecule has 1 unspecified atom stereocenters. The molecular formula is C35H37F2N5O3. The number of phenols is 1. The Kier molecular flexibility index (Phi) is 6.20. The van der Waals surface area contributed by atoms with Gasteiger partial charge < -0.3 is 24.8 Å². The molecule has 45 heavy (non-hydrogen) atoms. The summed E-state index contributed by atoms with van der Waals surface area (Å²) in [7, 11) is 0. The molecule has 1 aromatic heterocycles. The van der Waals surface area contributed by atoms with E-state index in [1.807, 2.05) is 18.2 Å². The number of piperazine rings is 1. The van der Waals surface area contributed by atoms with Gasteiger partial charge in [0.1, 0.15) is 42.2 Å². The highest BCUT2D eigenvalue weighted by atomic mass is 19.1. The maximum atomic E-state index is 17.1. The lowest BCUT2D eigenvalue weighted by molar-refractivity contribution is 0.107. The van der Waals surface area contributed by atoms with Crippen LogP contribution in [0.5, 0.6) is 17.5 Å². The molecule has 4 fully saturated rings. The van der Waals surface area contributed by atoms with Crippen LogP contribution in [-0.4, -0.2) is 82.7 Å². The van der Waals surface area contributed by atoms with Crippen molar-refractivity contribution in [2.75, 3.05) is 37.7 Å². The number of benzene rings is 3. The highest BCUT2D eigenvalue weighted by Crippen LogP contribution is 2.47. The van der Waals surface area contributed by atoms with Gasteiger partial charge >= 0.3 is 6.01 Å². The van der Waals surface area contributed by atoms with Gasteiger partial charge in [-0.05, 0) is 78.7 Å². The van der Waals surface area contributed by atoms with Gasteiger partial charge in [0.15, 0.2) is 5.82 Å². The summed E-state index contributed by atoms with van der Waals surface area (Å²) in [5.41, 5.74) is 1.71. The first-order chi connectivity index (χ1) is 21.9. The Labute approximate surface area is 260 Å². The molecule has 234 valence electrons. The Morgan fingerprint density at radius 3 is 2.93 bits per heavy atom. The Balaban J connectivity index is 1.24. The van der Waals surface area contributed by atoms with E-state index in [-0.39, 0.29) is 41.5 Å². The van der Waals surface area contributed by atoms with E-state index >= 15 is 4.39 Å². The lowest BCUT2D eigenvalue weighted by Gasteiger charge is -2.40. The largest absolute Gasteiger partial charge is 0.508 e. The minimum atomic E-state index is -0.877. The average Bonchev–Trinajstić information content (AvgIpc) is 3.67. The summed E-state index contributed by atoms with van der Waals surface area (Å²) in [5, 5.41) is 16.7. The van der Waals surface area contributed by atoms with E-state index in [1.54, 1.807) is 18.2 Å². The molecule has 5 atom stereocenters. The molecule has 4 saturated heterocycles. The first-order valence-electron chi connectivity index (χ1n) is 16.4. The third kappa shape index (κ3) is 4.21.